The lowest BCUT2D eigenvalue weighted by Gasteiger charge is -2.14. The molecule has 2 aromatic carbocycles. The van der Waals surface area contributed by atoms with Crippen molar-refractivity contribution in [1.82, 2.24) is 5.32 Å². The Kier molecular flexibility index (Phi) is 6.82. The monoisotopic (exact) mass is 327 g/mol. The van der Waals surface area contributed by atoms with Crippen molar-refractivity contribution >= 4 is 5.91 Å². The highest BCUT2D eigenvalue weighted by atomic mass is 16.5. The molecule has 0 radical (unpaired) electrons. The van der Waals surface area contributed by atoms with Crippen LogP contribution < -0.4 is 10.1 Å². The van der Waals surface area contributed by atoms with Gasteiger partial charge >= 0.3 is 0 Å². The molecule has 0 fully saturated rings. The van der Waals surface area contributed by atoms with Crippen LogP contribution in [-0.2, 0) is 17.9 Å². The molecule has 2 aromatic rings. The van der Waals surface area contributed by atoms with Crippen molar-refractivity contribution in [3.63, 3.8) is 0 Å². The molecule has 0 bridgehead atoms. The summed E-state index contributed by atoms with van der Waals surface area (Å²) in [5.41, 5.74) is 2.56. The zero-order valence-corrected chi connectivity index (χ0v) is 14.5. The van der Waals surface area contributed by atoms with Gasteiger partial charge < -0.3 is 14.8 Å². The van der Waals surface area contributed by atoms with Crippen molar-refractivity contribution in [2.45, 2.75) is 40.0 Å². The van der Waals surface area contributed by atoms with E-state index in [1.165, 1.54) is 0 Å². The number of hydrogen-bond donors (Lipinski definition) is 1. The summed E-state index contributed by atoms with van der Waals surface area (Å²) in [6, 6.07) is 15.3. The summed E-state index contributed by atoms with van der Waals surface area (Å²) in [5.74, 6) is 0.658. The standard InChI is InChI=1S/C20H25NO3/c1-4-23-19-11-10-17(12-18(19)14-24-15(2)3)20(22)21-13-16-8-6-5-7-9-16/h5-12,15H,4,13-14H2,1-3H3,(H,21,22). The molecule has 0 aromatic heterocycles. The van der Waals surface area contributed by atoms with Gasteiger partial charge in [-0.1, -0.05) is 30.3 Å². The van der Waals surface area contributed by atoms with Crippen LogP contribution in [0.25, 0.3) is 0 Å². The Hall–Kier alpha value is -2.33. The number of ether oxygens (including phenoxy) is 2. The van der Waals surface area contributed by atoms with Crippen LogP contribution in [0.2, 0.25) is 0 Å². The maximum Gasteiger partial charge on any atom is 0.251 e. The Labute approximate surface area is 143 Å². The predicted octanol–water partition coefficient (Wildman–Crippen LogP) is 3.94. The summed E-state index contributed by atoms with van der Waals surface area (Å²) in [4.78, 5) is 12.4. The minimum atomic E-state index is -0.104. The molecule has 2 rings (SSSR count). The molecule has 0 saturated heterocycles. The first-order valence-electron chi connectivity index (χ1n) is 8.29. The first kappa shape index (κ1) is 18.0. The summed E-state index contributed by atoms with van der Waals surface area (Å²) < 4.78 is 11.3. The van der Waals surface area contributed by atoms with E-state index in [1.807, 2.05) is 63.2 Å². The largest absolute Gasteiger partial charge is 0.494 e. The number of carbonyl (C=O) groups excluding carboxylic acids is 1. The van der Waals surface area contributed by atoms with Crippen molar-refractivity contribution in [1.29, 1.82) is 0 Å². The van der Waals surface area contributed by atoms with Crippen LogP contribution in [0.4, 0.5) is 0 Å². The molecule has 4 heteroatoms. The maximum atomic E-state index is 12.4. The van der Waals surface area contributed by atoms with E-state index in [0.717, 1.165) is 16.9 Å². The highest BCUT2D eigenvalue weighted by molar-refractivity contribution is 5.94. The van der Waals surface area contributed by atoms with E-state index >= 15 is 0 Å². The molecule has 0 aliphatic rings. The summed E-state index contributed by atoms with van der Waals surface area (Å²) in [6.45, 7) is 7.41. The van der Waals surface area contributed by atoms with Crippen molar-refractivity contribution in [3.05, 3.63) is 65.2 Å². The van der Waals surface area contributed by atoms with Gasteiger partial charge in [0.25, 0.3) is 5.91 Å². The quantitative estimate of drug-likeness (QED) is 0.799. The minimum Gasteiger partial charge on any atom is -0.494 e. The Morgan fingerprint density at radius 1 is 1.12 bits per heavy atom. The first-order chi connectivity index (χ1) is 11.6. The Bertz CT molecular complexity index is 653. The van der Waals surface area contributed by atoms with E-state index < -0.39 is 0 Å². The molecular weight excluding hydrogens is 302 g/mol. The zero-order valence-electron chi connectivity index (χ0n) is 14.5. The Morgan fingerprint density at radius 2 is 1.88 bits per heavy atom. The lowest BCUT2D eigenvalue weighted by atomic mass is 10.1. The third-order valence-corrected chi connectivity index (χ3v) is 3.49. The molecule has 0 saturated carbocycles. The van der Waals surface area contributed by atoms with Crippen molar-refractivity contribution in [2.24, 2.45) is 0 Å². The summed E-state index contributed by atoms with van der Waals surface area (Å²) >= 11 is 0. The van der Waals surface area contributed by atoms with Crippen molar-refractivity contribution in [2.75, 3.05) is 6.61 Å². The van der Waals surface area contributed by atoms with Gasteiger partial charge in [-0.25, -0.2) is 0 Å². The second-order valence-electron chi connectivity index (χ2n) is 5.78. The van der Waals surface area contributed by atoms with E-state index in [0.29, 0.717) is 25.3 Å². The molecule has 0 atom stereocenters. The fourth-order valence-corrected chi connectivity index (χ4v) is 2.27. The Balaban J connectivity index is 2.07. The highest BCUT2D eigenvalue weighted by Crippen LogP contribution is 2.22. The van der Waals surface area contributed by atoms with Gasteiger partial charge in [0.05, 0.1) is 19.3 Å². The summed E-state index contributed by atoms with van der Waals surface area (Å²) in [7, 11) is 0. The number of rotatable bonds is 8. The van der Waals surface area contributed by atoms with E-state index in [1.54, 1.807) is 6.07 Å². The molecule has 24 heavy (non-hydrogen) atoms. The van der Waals surface area contributed by atoms with Gasteiger partial charge in [-0.3, -0.25) is 4.79 Å². The maximum absolute atomic E-state index is 12.4. The molecule has 1 amide bonds. The molecule has 0 spiro atoms. The van der Waals surface area contributed by atoms with Crippen molar-refractivity contribution in [3.8, 4) is 5.75 Å². The molecule has 0 heterocycles. The number of hydrogen-bond acceptors (Lipinski definition) is 3. The van der Waals surface area contributed by atoms with Gasteiger partial charge in [0.15, 0.2) is 0 Å². The van der Waals surface area contributed by atoms with Crippen LogP contribution in [0.15, 0.2) is 48.5 Å². The van der Waals surface area contributed by atoms with E-state index in [2.05, 4.69) is 5.32 Å². The lowest BCUT2D eigenvalue weighted by Crippen LogP contribution is -2.23. The molecule has 0 unspecified atom stereocenters. The van der Waals surface area contributed by atoms with Gasteiger partial charge in [-0.15, -0.1) is 0 Å². The second-order valence-corrected chi connectivity index (χ2v) is 5.78. The molecule has 0 aliphatic heterocycles. The van der Waals surface area contributed by atoms with E-state index in [-0.39, 0.29) is 12.0 Å². The number of carbonyl (C=O) groups is 1. The van der Waals surface area contributed by atoms with Gasteiger partial charge in [-0.2, -0.15) is 0 Å². The predicted molar refractivity (Wildman–Crippen MR) is 95.1 cm³/mol. The molecule has 0 aliphatic carbocycles. The number of benzene rings is 2. The van der Waals surface area contributed by atoms with Gasteiger partial charge in [0.1, 0.15) is 5.75 Å². The number of nitrogens with one attached hydrogen (secondary N) is 1. The van der Waals surface area contributed by atoms with Crippen LogP contribution in [0.3, 0.4) is 0 Å². The third-order valence-electron chi connectivity index (χ3n) is 3.49. The van der Waals surface area contributed by atoms with E-state index in [4.69, 9.17) is 9.47 Å². The topological polar surface area (TPSA) is 47.6 Å². The smallest absolute Gasteiger partial charge is 0.251 e. The number of amides is 1. The van der Waals surface area contributed by atoms with Gasteiger partial charge in [0.2, 0.25) is 0 Å². The SMILES string of the molecule is CCOc1ccc(C(=O)NCc2ccccc2)cc1COC(C)C. The second kappa shape index (κ2) is 9.08. The minimum absolute atomic E-state index is 0.104. The van der Waals surface area contributed by atoms with Crippen molar-refractivity contribution < 1.29 is 14.3 Å². The van der Waals surface area contributed by atoms with Gasteiger partial charge in [-0.05, 0) is 44.5 Å². The fourth-order valence-electron chi connectivity index (χ4n) is 2.27. The molecule has 128 valence electrons. The molecule has 1 N–H and O–H groups in total. The highest BCUT2D eigenvalue weighted by Gasteiger charge is 2.11. The van der Waals surface area contributed by atoms with Crippen LogP contribution in [0.1, 0.15) is 42.3 Å². The van der Waals surface area contributed by atoms with Crippen LogP contribution >= 0.6 is 0 Å². The Morgan fingerprint density at radius 3 is 2.54 bits per heavy atom. The summed E-state index contributed by atoms with van der Waals surface area (Å²) in [6.07, 6.45) is 0.120. The third kappa shape index (κ3) is 5.39. The fraction of sp³-hybridized carbons (Fsp3) is 0.350. The average Bonchev–Trinajstić information content (AvgIpc) is 2.59. The molecule has 4 nitrogen and oxygen atoms in total. The van der Waals surface area contributed by atoms with E-state index in [9.17, 15) is 4.79 Å². The van der Waals surface area contributed by atoms with Gasteiger partial charge in [0, 0.05) is 17.7 Å². The van der Waals surface area contributed by atoms with Crippen LogP contribution in [0.5, 0.6) is 5.75 Å². The van der Waals surface area contributed by atoms with Crippen LogP contribution in [0, 0.1) is 0 Å². The normalized spacial score (nSPS) is 10.7. The first-order valence-corrected chi connectivity index (χ1v) is 8.29. The summed E-state index contributed by atoms with van der Waals surface area (Å²) in [5, 5.41) is 2.94. The molecular formula is C20H25NO3. The average molecular weight is 327 g/mol. The zero-order chi connectivity index (χ0) is 17.4. The lowest BCUT2D eigenvalue weighted by molar-refractivity contribution is 0.0641. The van der Waals surface area contributed by atoms with Crippen LogP contribution in [-0.4, -0.2) is 18.6 Å².